The largest absolute Gasteiger partial charge is 0.444 e. The molecule has 6 heteroatoms. The van der Waals surface area contributed by atoms with Crippen LogP contribution in [0.4, 0.5) is 4.79 Å². The third-order valence-electron chi connectivity index (χ3n) is 2.84. The van der Waals surface area contributed by atoms with Crippen LogP contribution in [0.5, 0.6) is 0 Å². The van der Waals surface area contributed by atoms with Crippen LogP contribution in [0.25, 0.3) is 0 Å². The summed E-state index contributed by atoms with van der Waals surface area (Å²) in [5.41, 5.74) is 4.67. The maximum absolute atomic E-state index is 11.8. The Morgan fingerprint density at radius 1 is 1.44 bits per heavy atom. The fourth-order valence-electron chi connectivity index (χ4n) is 1.97. The molecule has 18 heavy (non-hydrogen) atoms. The molecule has 2 N–H and O–H groups in total. The highest BCUT2D eigenvalue weighted by atomic mass is 16.6. The number of amides is 2. The molecule has 1 heterocycles. The molecule has 1 rings (SSSR count). The second-order valence-corrected chi connectivity index (χ2v) is 5.75. The first-order valence-electron chi connectivity index (χ1n) is 6.15. The number of likely N-dealkylation sites (N-methyl/N-ethyl adjacent to an activating group) is 1. The fourth-order valence-corrected chi connectivity index (χ4v) is 1.97. The van der Waals surface area contributed by atoms with Crippen LogP contribution in [0.3, 0.4) is 0 Å². The molecule has 0 spiro atoms. The van der Waals surface area contributed by atoms with E-state index in [-0.39, 0.29) is 24.6 Å². The van der Waals surface area contributed by atoms with Crippen LogP contribution in [-0.4, -0.2) is 60.1 Å². The van der Waals surface area contributed by atoms with E-state index in [0.717, 1.165) is 6.42 Å². The van der Waals surface area contributed by atoms with Crippen molar-refractivity contribution in [3.8, 4) is 0 Å². The number of nitrogens with zero attached hydrogens (tertiary/aromatic N) is 2. The van der Waals surface area contributed by atoms with E-state index in [2.05, 4.69) is 0 Å². The van der Waals surface area contributed by atoms with Crippen molar-refractivity contribution in [3.05, 3.63) is 0 Å². The van der Waals surface area contributed by atoms with Crippen molar-refractivity contribution < 1.29 is 14.3 Å². The van der Waals surface area contributed by atoms with Gasteiger partial charge in [0.05, 0.1) is 6.54 Å². The highest BCUT2D eigenvalue weighted by molar-refractivity contribution is 5.76. The van der Waals surface area contributed by atoms with E-state index in [4.69, 9.17) is 10.5 Å². The van der Waals surface area contributed by atoms with Crippen LogP contribution >= 0.6 is 0 Å². The van der Waals surface area contributed by atoms with E-state index in [9.17, 15) is 9.59 Å². The maximum atomic E-state index is 11.8. The van der Waals surface area contributed by atoms with Crippen molar-refractivity contribution in [3.63, 3.8) is 0 Å². The van der Waals surface area contributed by atoms with E-state index in [0.29, 0.717) is 13.1 Å². The Hall–Kier alpha value is -1.30. The number of hydrogen-bond acceptors (Lipinski definition) is 4. The average Bonchev–Trinajstić information content (AvgIpc) is 2.61. The molecule has 0 aromatic heterocycles. The number of likely N-dealkylation sites (tertiary alicyclic amines) is 1. The zero-order valence-corrected chi connectivity index (χ0v) is 11.6. The van der Waals surface area contributed by atoms with Gasteiger partial charge in [-0.15, -0.1) is 0 Å². The predicted molar refractivity (Wildman–Crippen MR) is 68.0 cm³/mol. The summed E-state index contributed by atoms with van der Waals surface area (Å²) in [6.07, 6.45) is 0.542. The van der Waals surface area contributed by atoms with E-state index in [1.54, 1.807) is 4.90 Å². The normalized spacial score (nSPS) is 20.3. The molecule has 1 unspecified atom stereocenters. The van der Waals surface area contributed by atoms with E-state index >= 15 is 0 Å². The van der Waals surface area contributed by atoms with Gasteiger partial charge in [0.15, 0.2) is 0 Å². The van der Waals surface area contributed by atoms with Gasteiger partial charge in [-0.3, -0.25) is 9.69 Å². The zero-order chi connectivity index (χ0) is 13.9. The summed E-state index contributed by atoms with van der Waals surface area (Å²) in [5, 5.41) is 0. The number of carbonyl (C=O) groups excluding carboxylic acids is 2. The minimum Gasteiger partial charge on any atom is -0.444 e. The highest BCUT2D eigenvalue weighted by Gasteiger charge is 2.31. The number of rotatable bonds is 3. The molecule has 6 nitrogen and oxygen atoms in total. The summed E-state index contributed by atoms with van der Waals surface area (Å²) in [5.74, 6) is -0.354. The SMILES string of the molecule is CN(CC(N)=O)C1CCN(C(=O)OC(C)(C)C)C1. The van der Waals surface area contributed by atoms with Gasteiger partial charge in [-0.05, 0) is 34.2 Å². The standard InChI is InChI=1S/C12H23N3O3/c1-12(2,3)18-11(17)15-6-5-9(7-15)14(4)8-10(13)16/h9H,5-8H2,1-4H3,(H2,13,16). The van der Waals surface area contributed by atoms with Gasteiger partial charge in [0.1, 0.15) is 5.60 Å². The second-order valence-electron chi connectivity index (χ2n) is 5.75. The van der Waals surface area contributed by atoms with Crippen molar-refractivity contribution in [1.82, 2.24) is 9.80 Å². The Morgan fingerprint density at radius 3 is 2.56 bits per heavy atom. The van der Waals surface area contributed by atoms with E-state index in [1.165, 1.54) is 0 Å². The number of primary amides is 1. The first-order valence-corrected chi connectivity index (χ1v) is 6.15. The Kier molecular flexibility index (Phi) is 4.56. The fraction of sp³-hybridized carbons (Fsp3) is 0.833. The number of carbonyl (C=O) groups is 2. The third kappa shape index (κ3) is 4.52. The zero-order valence-electron chi connectivity index (χ0n) is 11.6. The quantitative estimate of drug-likeness (QED) is 0.794. The molecule has 0 aliphatic carbocycles. The molecule has 1 aliphatic heterocycles. The summed E-state index contributed by atoms with van der Waals surface area (Å²) in [4.78, 5) is 26.2. The minimum atomic E-state index is -0.478. The van der Waals surface area contributed by atoms with Gasteiger partial charge < -0.3 is 15.4 Å². The molecule has 2 amide bonds. The summed E-state index contributed by atoms with van der Waals surface area (Å²) in [7, 11) is 1.84. The molecular weight excluding hydrogens is 234 g/mol. The molecule has 0 bridgehead atoms. The smallest absolute Gasteiger partial charge is 0.410 e. The van der Waals surface area contributed by atoms with E-state index in [1.807, 2.05) is 32.7 Å². The summed E-state index contributed by atoms with van der Waals surface area (Å²) in [6, 6.07) is 0.171. The van der Waals surface area contributed by atoms with Gasteiger partial charge >= 0.3 is 6.09 Å². The molecule has 1 saturated heterocycles. The molecule has 0 aromatic carbocycles. The first-order chi connectivity index (χ1) is 8.19. The second kappa shape index (κ2) is 5.56. The summed E-state index contributed by atoms with van der Waals surface area (Å²) >= 11 is 0. The lowest BCUT2D eigenvalue weighted by Crippen LogP contribution is -2.41. The molecule has 1 fully saturated rings. The topological polar surface area (TPSA) is 75.9 Å². The van der Waals surface area contributed by atoms with Gasteiger partial charge in [0.25, 0.3) is 0 Å². The summed E-state index contributed by atoms with van der Waals surface area (Å²) < 4.78 is 5.31. The molecule has 0 saturated carbocycles. The molecule has 1 atom stereocenters. The van der Waals surface area contributed by atoms with Crippen LogP contribution in [-0.2, 0) is 9.53 Å². The van der Waals surface area contributed by atoms with Crippen molar-refractivity contribution >= 4 is 12.0 Å². The summed E-state index contributed by atoms with van der Waals surface area (Å²) in [6.45, 7) is 6.99. The van der Waals surface area contributed by atoms with E-state index < -0.39 is 5.60 Å². The maximum Gasteiger partial charge on any atom is 0.410 e. The highest BCUT2D eigenvalue weighted by Crippen LogP contribution is 2.17. The third-order valence-corrected chi connectivity index (χ3v) is 2.84. The van der Waals surface area contributed by atoms with Crippen molar-refractivity contribution in [2.45, 2.75) is 38.8 Å². The number of ether oxygens (including phenoxy) is 1. The van der Waals surface area contributed by atoms with Crippen LogP contribution < -0.4 is 5.73 Å². The molecule has 0 radical (unpaired) electrons. The van der Waals surface area contributed by atoms with Gasteiger partial charge in [0.2, 0.25) is 5.91 Å². The van der Waals surface area contributed by atoms with Crippen molar-refractivity contribution in [2.75, 3.05) is 26.7 Å². The van der Waals surface area contributed by atoms with Gasteiger partial charge in [-0.1, -0.05) is 0 Å². The van der Waals surface area contributed by atoms with Crippen LogP contribution in [0.2, 0.25) is 0 Å². The van der Waals surface area contributed by atoms with Gasteiger partial charge in [-0.25, -0.2) is 4.79 Å². The van der Waals surface area contributed by atoms with Crippen molar-refractivity contribution in [1.29, 1.82) is 0 Å². The Balaban J connectivity index is 2.46. The Bertz CT molecular complexity index is 325. The lowest BCUT2D eigenvalue weighted by Gasteiger charge is -2.26. The molecule has 1 aliphatic rings. The van der Waals surface area contributed by atoms with Crippen LogP contribution in [0, 0.1) is 0 Å². The van der Waals surface area contributed by atoms with Crippen molar-refractivity contribution in [2.24, 2.45) is 5.73 Å². The minimum absolute atomic E-state index is 0.171. The lowest BCUT2D eigenvalue weighted by atomic mass is 10.2. The average molecular weight is 257 g/mol. The van der Waals surface area contributed by atoms with Crippen LogP contribution in [0.15, 0.2) is 0 Å². The molecule has 0 aromatic rings. The monoisotopic (exact) mass is 257 g/mol. The Labute approximate surface area is 108 Å². The van der Waals surface area contributed by atoms with Crippen LogP contribution in [0.1, 0.15) is 27.2 Å². The number of hydrogen-bond donors (Lipinski definition) is 1. The predicted octanol–water partition coefficient (Wildman–Crippen LogP) is 0.413. The van der Waals surface area contributed by atoms with Gasteiger partial charge in [-0.2, -0.15) is 0 Å². The molecule has 104 valence electrons. The molecular formula is C12H23N3O3. The van der Waals surface area contributed by atoms with Gasteiger partial charge in [0, 0.05) is 19.1 Å². The lowest BCUT2D eigenvalue weighted by molar-refractivity contribution is -0.119. The Morgan fingerprint density at radius 2 is 2.06 bits per heavy atom. The first kappa shape index (κ1) is 14.8. The number of nitrogens with two attached hydrogens (primary N) is 1.